The van der Waals surface area contributed by atoms with E-state index in [4.69, 9.17) is 21.4 Å². The van der Waals surface area contributed by atoms with E-state index in [0.29, 0.717) is 64.3 Å². The first-order chi connectivity index (χ1) is 31.3. The zero-order valence-electron chi connectivity index (χ0n) is 36.2. The molecule has 1 unspecified atom stereocenters. The number of ether oxygens (including phenoxy) is 1. The Morgan fingerprint density at radius 1 is 0.970 bits per heavy atom. The van der Waals surface area contributed by atoms with Crippen LogP contribution in [0.2, 0.25) is 5.02 Å². The number of aryl methyl sites for hydroxylation is 1. The van der Waals surface area contributed by atoms with Gasteiger partial charge in [-0.05, 0) is 86.2 Å². The first-order valence-electron chi connectivity index (χ1n) is 21.2. The minimum Gasteiger partial charge on any atom is -0.479 e. The van der Waals surface area contributed by atoms with Crippen LogP contribution in [0.5, 0.6) is 5.75 Å². The topological polar surface area (TPSA) is 239 Å². The number of aromatic carboxylic acids is 1. The van der Waals surface area contributed by atoms with Crippen LogP contribution in [0.4, 0.5) is 11.4 Å². The third-order valence-corrected chi connectivity index (χ3v) is 16.0. The van der Waals surface area contributed by atoms with Gasteiger partial charge in [-0.15, -0.1) is 11.3 Å². The van der Waals surface area contributed by atoms with Crippen molar-refractivity contribution in [1.82, 2.24) is 23.7 Å². The number of fused-ring (bicyclic) bond motifs is 1. The lowest BCUT2D eigenvalue weighted by molar-refractivity contribution is -0.139. The average molecular weight is 963 g/mol. The maximum Gasteiger partial charge on any atom is 0.349 e. The van der Waals surface area contributed by atoms with Crippen LogP contribution in [-0.4, -0.2) is 111 Å². The molecule has 5 heterocycles. The number of nitrogens with zero attached hydrogens (tertiary/aromatic N) is 4. The molecule has 348 valence electrons. The molecule has 3 fully saturated rings. The molecule has 0 saturated carbocycles. The van der Waals surface area contributed by atoms with Crippen molar-refractivity contribution < 1.29 is 47.3 Å². The zero-order valence-corrected chi connectivity index (χ0v) is 38.6. The molecule has 0 bridgehead atoms. The Balaban J connectivity index is 0.844. The quantitative estimate of drug-likeness (QED) is 0.0862. The number of nitrogens with one attached hydrogen (secondary N) is 3. The molecule has 0 radical (unpaired) electrons. The first-order valence-corrected chi connectivity index (χ1v) is 24.0. The molecule has 3 saturated heterocycles. The Morgan fingerprint density at radius 2 is 1.71 bits per heavy atom. The maximum absolute atomic E-state index is 14.0. The molecule has 8 rings (SSSR count). The average Bonchev–Trinajstić information content (AvgIpc) is 3.69. The molecular formula is C45H48ClN7O11S2. The van der Waals surface area contributed by atoms with Crippen LogP contribution in [-0.2, 0) is 42.0 Å². The van der Waals surface area contributed by atoms with Gasteiger partial charge in [0, 0.05) is 62.0 Å². The fourth-order valence-electron chi connectivity index (χ4n) is 9.20. The number of imide groups is 1. The number of carbonyl (C=O) groups is 5. The summed E-state index contributed by atoms with van der Waals surface area (Å²) in [5.74, 6) is -4.01. The molecule has 2 aromatic heterocycles. The highest BCUT2D eigenvalue weighted by atomic mass is 35.5. The number of likely N-dealkylation sites (tertiary alicyclic amines) is 1. The summed E-state index contributed by atoms with van der Waals surface area (Å²) in [6.45, 7) is 4.61. The van der Waals surface area contributed by atoms with Crippen LogP contribution >= 0.6 is 22.9 Å². The van der Waals surface area contributed by atoms with Gasteiger partial charge in [-0.3, -0.25) is 33.7 Å². The van der Waals surface area contributed by atoms with E-state index in [2.05, 4.69) is 16.0 Å². The minimum absolute atomic E-state index is 0.00376. The van der Waals surface area contributed by atoms with Gasteiger partial charge >= 0.3 is 17.6 Å². The van der Waals surface area contributed by atoms with Gasteiger partial charge in [-0.2, -0.15) is 4.31 Å². The van der Waals surface area contributed by atoms with Crippen molar-refractivity contribution in [1.29, 1.82) is 0 Å². The number of anilines is 2. The van der Waals surface area contributed by atoms with Crippen molar-refractivity contribution in [2.24, 2.45) is 7.05 Å². The van der Waals surface area contributed by atoms with E-state index in [-0.39, 0.29) is 76.8 Å². The standard InChI is InChI=1S/C45H48ClN7O11S2/c1-45(2)19-31(47-30-9-5-7-27(17-30)40-38(46)39(64-23-37(56)57)41(65-40)43(59)60)14-15-52(45)66(62,63)24-25-6-4-8-29(16-25)48-36(55)22-51-20-28(21-51)26-10-11-32-34(18-26)50(3)44(61)53(32)33-12-13-35(54)49-42(33)58/h4-11,16-18,28,31,33,47H,12-15,19-24H2,1-3H3,(H,48,55)(H,56,57)(H,59,60)(H,49,54,58)/t31-,33?/m0/s1. The van der Waals surface area contributed by atoms with E-state index in [0.717, 1.165) is 16.9 Å². The molecule has 3 aliphatic heterocycles. The Morgan fingerprint density at radius 3 is 2.42 bits per heavy atom. The van der Waals surface area contributed by atoms with E-state index in [1.807, 2.05) is 43.0 Å². The number of sulfonamides is 1. The number of hydrogen-bond donors (Lipinski definition) is 5. The number of aliphatic carboxylic acids is 1. The number of thiophene rings is 1. The van der Waals surface area contributed by atoms with Crippen molar-refractivity contribution in [3.8, 4) is 16.2 Å². The molecule has 2 atom stereocenters. The third kappa shape index (κ3) is 9.59. The number of carboxylic acid groups (broad SMARTS) is 2. The molecule has 3 aromatic carbocycles. The molecular weight excluding hydrogens is 914 g/mol. The van der Waals surface area contributed by atoms with Crippen molar-refractivity contribution in [2.75, 3.05) is 43.4 Å². The van der Waals surface area contributed by atoms with Crippen LogP contribution in [0, 0.1) is 0 Å². The van der Waals surface area contributed by atoms with Crippen LogP contribution in [0.3, 0.4) is 0 Å². The summed E-state index contributed by atoms with van der Waals surface area (Å²) in [5, 5.41) is 27.5. The van der Waals surface area contributed by atoms with Gasteiger partial charge in [0.05, 0.1) is 28.2 Å². The molecule has 21 heteroatoms. The SMILES string of the molecule is Cn1c(=O)n(C2CCC(=O)NC2=O)c2ccc(C3CN(CC(=O)Nc4cccc(CS(=O)(=O)N5CC[C@H](Nc6cccc(-c7sc(C(=O)O)c(OCC(=O)O)c7Cl)c6)CC5(C)C)c4)C3)cc21. The van der Waals surface area contributed by atoms with Gasteiger partial charge in [-0.1, -0.05) is 41.9 Å². The van der Waals surface area contributed by atoms with Crippen LogP contribution in [0.1, 0.15) is 72.3 Å². The highest BCUT2D eigenvalue weighted by molar-refractivity contribution is 7.88. The van der Waals surface area contributed by atoms with Crippen LogP contribution in [0.25, 0.3) is 21.5 Å². The summed E-state index contributed by atoms with van der Waals surface area (Å²) >= 11 is 7.39. The molecule has 0 spiro atoms. The summed E-state index contributed by atoms with van der Waals surface area (Å²) in [4.78, 5) is 75.8. The van der Waals surface area contributed by atoms with Gasteiger partial charge in [0.2, 0.25) is 27.7 Å². The summed E-state index contributed by atoms with van der Waals surface area (Å²) in [7, 11) is -2.15. The van der Waals surface area contributed by atoms with Gasteiger partial charge in [0.25, 0.3) is 0 Å². The van der Waals surface area contributed by atoms with Crippen molar-refractivity contribution in [3.63, 3.8) is 0 Å². The minimum atomic E-state index is -3.80. The summed E-state index contributed by atoms with van der Waals surface area (Å²) in [6, 6.07) is 18.8. The van der Waals surface area contributed by atoms with E-state index in [1.54, 1.807) is 49.5 Å². The maximum atomic E-state index is 14.0. The lowest BCUT2D eigenvalue weighted by Crippen LogP contribution is -2.55. The first kappa shape index (κ1) is 46.5. The number of aromatic nitrogens is 2. The van der Waals surface area contributed by atoms with Gasteiger partial charge in [-0.25, -0.2) is 22.8 Å². The number of amides is 3. The molecule has 3 amide bonds. The molecule has 5 N–H and O–H groups in total. The molecule has 18 nitrogen and oxygen atoms in total. The molecule has 66 heavy (non-hydrogen) atoms. The largest absolute Gasteiger partial charge is 0.479 e. The van der Waals surface area contributed by atoms with Gasteiger partial charge in [0.15, 0.2) is 17.2 Å². The predicted molar refractivity (Wildman–Crippen MR) is 248 cm³/mol. The smallest absolute Gasteiger partial charge is 0.349 e. The van der Waals surface area contributed by atoms with Crippen molar-refractivity contribution >= 4 is 85.0 Å². The van der Waals surface area contributed by atoms with E-state index < -0.39 is 46.1 Å². The summed E-state index contributed by atoms with van der Waals surface area (Å²) in [6.07, 6.45) is 1.39. The highest BCUT2D eigenvalue weighted by Crippen LogP contribution is 2.46. The summed E-state index contributed by atoms with van der Waals surface area (Å²) in [5.41, 5.74) is 3.49. The Bertz CT molecular complexity index is 2960. The third-order valence-electron chi connectivity index (χ3n) is 12.3. The fourth-order valence-corrected chi connectivity index (χ4v) is 12.6. The van der Waals surface area contributed by atoms with E-state index in [1.165, 1.54) is 13.4 Å². The van der Waals surface area contributed by atoms with Crippen LogP contribution in [0.15, 0.2) is 71.5 Å². The summed E-state index contributed by atoms with van der Waals surface area (Å²) < 4.78 is 37.7. The van der Waals surface area contributed by atoms with Crippen LogP contribution < -0.4 is 26.4 Å². The zero-order chi connectivity index (χ0) is 47.2. The lowest BCUT2D eigenvalue weighted by atomic mass is 9.89. The molecule has 5 aromatic rings. The Labute approximate surface area is 388 Å². The molecule has 3 aliphatic rings. The normalized spacial score (nSPS) is 19.3. The van der Waals surface area contributed by atoms with Gasteiger partial charge < -0.3 is 25.6 Å². The predicted octanol–water partition coefficient (Wildman–Crippen LogP) is 5.08. The van der Waals surface area contributed by atoms with Crippen molar-refractivity contribution in [3.05, 3.63) is 98.2 Å². The lowest BCUT2D eigenvalue weighted by Gasteiger charge is -2.45. The fraction of sp³-hybridized carbons (Fsp3) is 0.378. The van der Waals surface area contributed by atoms with Gasteiger partial charge in [0.1, 0.15) is 11.1 Å². The number of imidazole rings is 1. The second-order valence-corrected chi connectivity index (χ2v) is 20.8. The number of benzene rings is 3. The second-order valence-electron chi connectivity index (χ2n) is 17.5. The molecule has 0 aliphatic carbocycles. The van der Waals surface area contributed by atoms with E-state index in [9.17, 15) is 42.3 Å². The number of carboxylic acids is 2. The second kappa shape index (κ2) is 18.3. The monoisotopic (exact) mass is 961 g/mol. The van der Waals surface area contributed by atoms with E-state index >= 15 is 0 Å². The number of hydrogen-bond acceptors (Lipinski definition) is 12. The number of carbonyl (C=O) groups excluding carboxylic acids is 3. The Kier molecular flexibility index (Phi) is 12.9. The number of piperidine rings is 2. The Hall–Kier alpha value is -6.06. The highest BCUT2D eigenvalue weighted by Gasteiger charge is 2.42. The number of halogens is 1. The van der Waals surface area contributed by atoms with Crippen molar-refractivity contribution in [2.45, 2.75) is 68.8 Å². The number of rotatable bonds is 15.